The van der Waals surface area contributed by atoms with Gasteiger partial charge >= 0.3 is 0 Å². The normalized spacial score (nSPS) is 14.2. The molecule has 0 saturated carbocycles. The van der Waals surface area contributed by atoms with Crippen LogP contribution in [0.15, 0.2) is 24.3 Å². The van der Waals surface area contributed by atoms with E-state index in [1.54, 1.807) is 31.2 Å². The number of methoxy groups -OCH3 is 1. The van der Waals surface area contributed by atoms with Crippen LogP contribution in [0.25, 0.3) is 0 Å². The predicted octanol–water partition coefficient (Wildman–Crippen LogP) is 1.64. The number of carbonyl (C=O) groups is 1. The van der Waals surface area contributed by atoms with Gasteiger partial charge in [0.2, 0.25) is 5.91 Å². The number of amides is 1. The first-order valence-electron chi connectivity index (χ1n) is 4.80. The average molecular weight is 243 g/mol. The van der Waals surface area contributed by atoms with Gasteiger partial charge in [0, 0.05) is 17.8 Å². The second-order valence-electron chi connectivity index (χ2n) is 3.76. The van der Waals surface area contributed by atoms with Crippen molar-refractivity contribution in [1.29, 1.82) is 0 Å². The smallest absolute Gasteiger partial charge is 0.245 e. The first kappa shape index (κ1) is 12.8. The number of hydrogen-bond acceptors (Lipinski definition) is 3. The summed E-state index contributed by atoms with van der Waals surface area (Å²) >= 11 is 5.76. The van der Waals surface area contributed by atoms with Crippen LogP contribution in [0.1, 0.15) is 6.92 Å². The number of ether oxygens (including phenoxy) is 1. The van der Waals surface area contributed by atoms with Crippen LogP contribution < -0.4 is 11.1 Å². The summed E-state index contributed by atoms with van der Waals surface area (Å²) in [7, 11) is 1.52. The van der Waals surface area contributed by atoms with Crippen LogP contribution in [-0.2, 0) is 9.53 Å². The molecule has 1 aromatic carbocycles. The summed E-state index contributed by atoms with van der Waals surface area (Å²) in [5, 5.41) is 3.66. The molecule has 1 atom stereocenters. The number of benzene rings is 1. The monoisotopic (exact) mass is 242 g/mol. The van der Waals surface area contributed by atoms with Crippen LogP contribution >= 0.6 is 11.6 Å². The molecule has 0 bridgehead atoms. The molecule has 0 saturated heterocycles. The molecule has 16 heavy (non-hydrogen) atoms. The quantitative estimate of drug-likeness (QED) is 0.825. The Morgan fingerprint density at radius 1 is 1.50 bits per heavy atom. The molecule has 0 heterocycles. The van der Waals surface area contributed by atoms with Crippen molar-refractivity contribution < 1.29 is 9.53 Å². The minimum absolute atomic E-state index is 0.199. The SMILES string of the molecule is COCC(C)(Nc1ccc(Cl)cc1)C(N)=O. The van der Waals surface area contributed by atoms with Gasteiger partial charge in [0.15, 0.2) is 0 Å². The topological polar surface area (TPSA) is 64.3 Å². The summed E-state index contributed by atoms with van der Waals surface area (Å²) < 4.78 is 4.97. The van der Waals surface area contributed by atoms with E-state index in [1.165, 1.54) is 7.11 Å². The van der Waals surface area contributed by atoms with Crippen molar-refractivity contribution >= 4 is 23.2 Å². The Labute approximate surface area is 99.7 Å². The molecule has 1 rings (SSSR count). The number of carbonyl (C=O) groups excluding carboxylic acids is 1. The number of halogens is 1. The van der Waals surface area contributed by atoms with E-state index in [-0.39, 0.29) is 6.61 Å². The van der Waals surface area contributed by atoms with Gasteiger partial charge in [-0.3, -0.25) is 4.79 Å². The lowest BCUT2D eigenvalue weighted by atomic mass is 10.0. The molecule has 4 nitrogen and oxygen atoms in total. The zero-order chi connectivity index (χ0) is 12.2. The van der Waals surface area contributed by atoms with Crippen LogP contribution in [0, 0.1) is 0 Å². The zero-order valence-electron chi connectivity index (χ0n) is 9.29. The number of hydrogen-bond donors (Lipinski definition) is 2. The molecule has 3 N–H and O–H groups in total. The Balaban J connectivity index is 2.83. The van der Waals surface area contributed by atoms with Crippen molar-refractivity contribution in [2.24, 2.45) is 5.73 Å². The number of anilines is 1. The van der Waals surface area contributed by atoms with Crippen LogP contribution in [0.3, 0.4) is 0 Å². The number of rotatable bonds is 5. The fourth-order valence-corrected chi connectivity index (χ4v) is 1.44. The summed E-state index contributed by atoms with van der Waals surface area (Å²) in [5.41, 5.74) is 5.17. The third-order valence-corrected chi connectivity index (χ3v) is 2.49. The van der Waals surface area contributed by atoms with Crippen molar-refractivity contribution in [2.75, 3.05) is 19.0 Å². The highest BCUT2D eigenvalue weighted by Gasteiger charge is 2.30. The van der Waals surface area contributed by atoms with Gasteiger partial charge in [0.1, 0.15) is 5.54 Å². The first-order valence-corrected chi connectivity index (χ1v) is 5.18. The van der Waals surface area contributed by atoms with E-state index in [0.717, 1.165) is 5.69 Å². The van der Waals surface area contributed by atoms with E-state index in [1.807, 2.05) is 0 Å². The maximum atomic E-state index is 11.3. The standard InChI is InChI=1S/C11H15ClN2O2/c1-11(7-16-2,10(13)15)14-9-5-3-8(12)4-6-9/h3-6,14H,7H2,1-2H3,(H2,13,15). The van der Waals surface area contributed by atoms with Gasteiger partial charge < -0.3 is 15.8 Å². The largest absolute Gasteiger partial charge is 0.382 e. The van der Waals surface area contributed by atoms with Crippen molar-refractivity contribution in [3.05, 3.63) is 29.3 Å². The van der Waals surface area contributed by atoms with Crippen LogP contribution in [0.2, 0.25) is 5.02 Å². The van der Waals surface area contributed by atoms with Crippen molar-refractivity contribution in [3.8, 4) is 0 Å². The first-order chi connectivity index (χ1) is 7.48. The highest BCUT2D eigenvalue weighted by atomic mass is 35.5. The second-order valence-corrected chi connectivity index (χ2v) is 4.20. The summed E-state index contributed by atoms with van der Waals surface area (Å²) in [6.45, 7) is 1.89. The van der Waals surface area contributed by atoms with Crippen LogP contribution in [0.5, 0.6) is 0 Å². The van der Waals surface area contributed by atoms with E-state index in [2.05, 4.69) is 5.32 Å². The van der Waals surface area contributed by atoms with E-state index in [9.17, 15) is 4.79 Å². The summed E-state index contributed by atoms with van der Waals surface area (Å²) in [4.78, 5) is 11.3. The molecular formula is C11H15ClN2O2. The molecular weight excluding hydrogens is 228 g/mol. The van der Waals surface area contributed by atoms with Gasteiger partial charge in [-0.1, -0.05) is 11.6 Å². The van der Waals surface area contributed by atoms with Gasteiger partial charge in [0.25, 0.3) is 0 Å². The third kappa shape index (κ3) is 3.12. The fourth-order valence-electron chi connectivity index (χ4n) is 1.31. The number of primary amides is 1. The van der Waals surface area contributed by atoms with Crippen molar-refractivity contribution in [1.82, 2.24) is 0 Å². The molecule has 0 spiro atoms. The fraction of sp³-hybridized carbons (Fsp3) is 0.364. The van der Waals surface area contributed by atoms with E-state index >= 15 is 0 Å². The summed E-state index contributed by atoms with van der Waals surface area (Å²) in [5.74, 6) is -0.468. The highest BCUT2D eigenvalue weighted by molar-refractivity contribution is 6.30. The van der Waals surface area contributed by atoms with E-state index < -0.39 is 11.4 Å². The molecule has 0 aliphatic carbocycles. The molecule has 0 aliphatic heterocycles. The van der Waals surface area contributed by atoms with E-state index in [0.29, 0.717) is 5.02 Å². The maximum Gasteiger partial charge on any atom is 0.245 e. The zero-order valence-corrected chi connectivity index (χ0v) is 10.0. The Bertz CT molecular complexity index is 367. The second kappa shape index (κ2) is 5.18. The molecule has 0 aliphatic rings. The average Bonchev–Trinajstić information content (AvgIpc) is 2.22. The molecule has 88 valence electrons. The molecule has 1 unspecified atom stereocenters. The predicted molar refractivity (Wildman–Crippen MR) is 64.6 cm³/mol. The van der Waals surface area contributed by atoms with Gasteiger partial charge in [-0.05, 0) is 31.2 Å². The van der Waals surface area contributed by atoms with Crippen LogP contribution in [0.4, 0.5) is 5.69 Å². The van der Waals surface area contributed by atoms with E-state index in [4.69, 9.17) is 22.1 Å². The Morgan fingerprint density at radius 3 is 2.50 bits per heavy atom. The summed E-state index contributed by atoms with van der Waals surface area (Å²) in [6.07, 6.45) is 0. The Kier molecular flexibility index (Phi) is 4.15. The summed E-state index contributed by atoms with van der Waals surface area (Å²) in [6, 6.07) is 7.02. The highest BCUT2D eigenvalue weighted by Crippen LogP contribution is 2.18. The van der Waals surface area contributed by atoms with Gasteiger partial charge in [-0.2, -0.15) is 0 Å². The minimum Gasteiger partial charge on any atom is -0.382 e. The third-order valence-electron chi connectivity index (χ3n) is 2.24. The molecule has 0 fully saturated rings. The molecule has 1 aromatic rings. The van der Waals surface area contributed by atoms with Gasteiger partial charge in [-0.15, -0.1) is 0 Å². The van der Waals surface area contributed by atoms with Crippen molar-refractivity contribution in [3.63, 3.8) is 0 Å². The minimum atomic E-state index is -0.928. The Morgan fingerprint density at radius 2 is 2.06 bits per heavy atom. The number of nitrogens with one attached hydrogen (secondary N) is 1. The van der Waals surface area contributed by atoms with Gasteiger partial charge in [0.05, 0.1) is 6.61 Å². The molecule has 0 aromatic heterocycles. The van der Waals surface area contributed by atoms with Crippen molar-refractivity contribution in [2.45, 2.75) is 12.5 Å². The molecule has 5 heteroatoms. The maximum absolute atomic E-state index is 11.3. The Hall–Kier alpha value is -1.26. The number of nitrogens with two attached hydrogens (primary N) is 1. The lowest BCUT2D eigenvalue weighted by molar-refractivity contribution is -0.123. The molecule has 0 radical (unpaired) electrons. The molecule has 1 amide bonds. The lowest BCUT2D eigenvalue weighted by Crippen LogP contribution is -2.51. The van der Waals surface area contributed by atoms with Gasteiger partial charge in [-0.25, -0.2) is 0 Å². The lowest BCUT2D eigenvalue weighted by Gasteiger charge is -2.27. The van der Waals surface area contributed by atoms with Crippen LogP contribution in [-0.4, -0.2) is 25.2 Å².